The summed E-state index contributed by atoms with van der Waals surface area (Å²) in [6.45, 7) is 12.8. The monoisotopic (exact) mass is 1870 g/mol. The van der Waals surface area contributed by atoms with Crippen molar-refractivity contribution in [1.82, 2.24) is 0 Å². The highest BCUT2D eigenvalue weighted by molar-refractivity contribution is 5.58. The molecule has 19 aromatic carbocycles. The Balaban J connectivity index is 0.000000140. The zero-order chi connectivity index (χ0) is 99.7. The van der Waals surface area contributed by atoms with Gasteiger partial charge in [0.1, 0.15) is 40.2 Å². The molecule has 7 heteroatoms. The molecular weight excluding hydrogens is 1750 g/mol. The third kappa shape index (κ3) is 28.8. The maximum absolute atomic E-state index is 12.1. The fourth-order valence-electron chi connectivity index (χ4n) is 19.4. The van der Waals surface area contributed by atoms with Gasteiger partial charge < -0.3 is 35.7 Å². The lowest BCUT2D eigenvalue weighted by Gasteiger charge is -2.37. The van der Waals surface area contributed by atoms with E-state index >= 15 is 0 Å². The van der Waals surface area contributed by atoms with Crippen molar-refractivity contribution in [3.63, 3.8) is 0 Å². The number of hydrogen-bond donors (Lipinski definition) is 7. The van der Waals surface area contributed by atoms with Crippen molar-refractivity contribution in [2.45, 2.75) is 142 Å². The van der Waals surface area contributed by atoms with E-state index in [-0.39, 0.29) is 34.5 Å². The van der Waals surface area contributed by atoms with Crippen LogP contribution in [0.15, 0.2) is 473 Å². The van der Waals surface area contributed by atoms with E-state index in [9.17, 15) is 35.7 Å². The van der Waals surface area contributed by atoms with Gasteiger partial charge in [0.25, 0.3) is 0 Å². The summed E-state index contributed by atoms with van der Waals surface area (Å²) < 4.78 is 0. The average molecular weight is 1880 g/mol. The molecule has 0 aromatic heterocycles. The zero-order valence-corrected chi connectivity index (χ0v) is 82.9. The molecule has 0 bridgehead atoms. The maximum atomic E-state index is 12.1. The molecule has 143 heavy (non-hydrogen) atoms. The van der Waals surface area contributed by atoms with Crippen LogP contribution in [0.3, 0.4) is 0 Å². The van der Waals surface area contributed by atoms with Gasteiger partial charge in [-0.3, -0.25) is 0 Å². The highest BCUT2D eigenvalue weighted by Gasteiger charge is 2.36. The molecule has 0 saturated carbocycles. The summed E-state index contributed by atoms with van der Waals surface area (Å²) >= 11 is 0. The Labute approximate surface area is 846 Å². The Morgan fingerprint density at radius 2 is 0.476 bits per heavy atom. The first kappa shape index (κ1) is 101. The zero-order valence-electron chi connectivity index (χ0n) is 82.9. The molecule has 4 atom stereocenters. The second-order valence-electron chi connectivity index (χ2n) is 38.1. The lowest BCUT2D eigenvalue weighted by atomic mass is 9.67. The van der Waals surface area contributed by atoms with E-state index in [4.69, 9.17) is 0 Å². The molecule has 0 aliphatic heterocycles. The molecule has 0 aliphatic rings. The number of phenolic OH excluding ortho intramolecular Hbond substituents is 7. The summed E-state index contributed by atoms with van der Waals surface area (Å²) in [5, 5.41) is 74.7. The molecule has 0 fully saturated rings. The maximum Gasteiger partial charge on any atom is 0.123 e. The quantitative estimate of drug-likeness (QED) is 0.0238. The van der Waals surface area contributed by atoms with Crippen LogP contribution in [-0.2, 0) is 69.6 Å². The molecule has 0 saturated heterocycles. The van der Waals surface area contributed by atoms with Gasteiger partial charge in [0.2, 0.25) is 0 Å². The molecule has 0 radical (unpaired) electrons. The number of aryl methyl sites for hydroxylation is 4. The Morgan fingerprint density at radius 3 is 0.846 bits per heavy atom. The van der Waals surface area contributed by atoms with E-state index < -0.39 is 0 Å². The minimum Gasteiger partial charge on any atom is -0.508 e. The molecular formula is C136H130O7. The molecule has 0 aliphatic carbocycles. The second-order valence-corrected chi connectivity index (χ2v) is 38.1. The highest BCUT2D eigenvalue weighted by atomic mass is 16.3. The second kappa shape index (κ2) is 50.6. The van der Waals surface area contributed by atoms with Gasteiger partial charge in [0.05, 0.1) is 0 Å². The largest absolute Gasteiger partial charge is 0.508 e. The van der Waals surface area contributed by atoms with Gasteiger partial charge in [-0.05, 0) is 211 Å². The van der Waals surface area contributed by atoms with E-state index in [1.807, 2.05) is 185 Å². The number of benzene rings is 19. The van der Waals surface area contributed by atoms with Crippen LogP contribution in [-0.4, -0.2) is 35.7 Å². The SMILES string of the molecule is CC(c1ccccc1)c1cc(C(C)(CC(CCc2ccccc2)c2ccccc2)c2ccccc2)cc(C(C)c2ccccc2)c1O.Cc1ccc(O)c(Cc2cc(C)cc(Cc3cc(C)ccc3O)c2O)c1.Oc1c(Cc2ccccc2)cc(Cc2ccccc2)cc1Cc1ccccc1.Oc1c(Cc2ccccc2)cccc1Cc1ccccc1.Oc1ccc(Cc2ccccc2)cc1Cc1ccccc1. The van der Waals surface area contributed by atoms with E-state index in [1.165, 1.54) is 83.5 Å². The van der Waals surface area contributed by atoms with Crippen LogP contribution in [0.1, 0.15) is 213 Å². The lowest BCUT2D eigenvalue weighted by Crippen LogP contribution is -2.27. The summed E-state index contributed by atoms with van der Waals surface area (Å²) in [7, 11) is 0. The van der Waals surface area contributed by atoms with Gasteiger partial charge in [-0.2, -0.15) is 0 Å². The average Bonchev–Trinajstić information content (AvgIpc) is 0.751. The fraction of sp³-hybridized carbons (Fsp3) is 0.162. The molecule has 0 heterocycles. The lowest BCUT2D eigenvalue weighted by molar-refractivity contribution is 0.431. The number of para-hydroxylation sites is 1. The molecule has 716 valence electrons. The van der Waals surface area contributed by atoms with Crippen molar-refractivity contribution < 1.29 is 35.7 Å². The van der Waals surface area contributed by atoms with Crippen LogP contribution in [0.2, 0.25) is 0 Å². The Kier molecular flexibility index (Phi) is 35.8. The molecule has 4 unspecified atom stereocenters. The van der Waals surface area contributed by atoms with Gasteiger partial charge in [0.15, 0.2) is 0 Å². The van der Waals surface area contributed by atoms with Crippen molar-refractivity contribution >= 4 is 0 Å². The minimum atomic E-state index is -0.317. The van der Waals surface area contributed by atoms with Gasteiger partial charge in [-0.1, -0.05) is 492 Å². The van der Waals surface area contributed by atoms with Crippen LogP contribution in [0, 0.1) is 20.8 Å². The van der Waals surface area contributed by atoms with Crippen LogP contribution in [0.5, 0.6) is 40.2 Å². The van der Waals surface area contributed by atoms with E-state index in [2.05, 4.69) is 312 Å². The van der Waals surface area contributed by atoms with Crippen LogP contribution in [0.4, 0.5) is 0 Å². The third-order valence-electron chi connectivity index (χ3n) is 27.3. The van der Waals surface area contributed by atoms with Crippen LogP contribution >= 0.6 is 0 Å². The third-order valence-corrected chi connectivity index (χ3v) is 27.3. The number of rotatable bonds is 30. The summed E-state index contributed by atoms with van der Waals surface area (Å²) in [6, 6.07) is 162. The first-order valence-electron chi connectivity index (χ1n) is 49.9. The summed E-state index contributed by atoms with van der Waals surface area (Å²) in [5.41, 5.74) is 31.6. The molecule has 0 spiro atoms. The van der Waals surface area contributed by atoms with Gasteiger partial charge >= 0.3 is 0 Å². The van der Waals surface area contributed by atoms with Gasteiger partial charge in [0, 0.05) is 73.3 Å². The van der Waals surface area contributed by atoms with Crippen LogP contribution < -0.4 is 0 Å². The Morgan fingerprint density at radius 1 is 0.203 bits per heavy atom. The number of aromatic hydroxyl groups is 7. The van der Waals surface area contributed by atoms with Crippen molar-refractivity contribution in [3.8, 4) is 40.2 Å². The highest BCUT2D eigenvalue weighted by Crippen LogP contribution is 2.49. The molecule has 7 N–H and O–H groups in total. The van der Waals surface area contributed by atoms with E-state index in [1.54, 1.807) is 18.2 Å². The number of phenols is 7. The van der Waals surface area contributed by atoms with Gasteiger partial charge in [-0.25, -0.2) is 0 Å². The van der Waals surface area contributed by atoms with Crippen molar-refractivity contribution in [3.05, 3.63) is 635 Å². The van der Waals surface area contributed by atoms with Gasteiger partial charge in [-0.15, -0.1) is 0 Å². The molecule has 7 nitrogen and oxygen atoms in total. The summed E-state index contributed by atoms with van der Waals surface area (Å²) in [4.78, 5) is 0. The topological polar surface area (TPSA) is 142 Å². The normalized spacial score (nSPS) is 11.9. The van der Waals surface area contributed by atoms with E-state index in [0.29, 0.717) is 41.8 Å². The summed E-state index contributed by atoms with van der Waals surface area (Å²) in [5.74, 6) is 2.69. The fourth-order valence-corrected chi connectivity index (χ4v) is 19.4. The van der Waals surface area contributed by atoms with E-state index in [0.717, 1.165) is 142 Å². The van der Waals surface area contributed by atoms with Crippen molar-refractivity contribution in [1.29, 1.82) is 0 Å². The predicted molar refractivity (Wildman–Crippen MR) is 591 cm³/mol. The smallest absolute Gasteiger partial charge is 0.123 e. The molecule has 0 amide bonds. The van der Waals surface area contributed by atoms with Crippen molar-refractivity contribution in [2.24, 2.45) is 0 Å². The minimum absolute atomic E-state index is 0.0286. The Bertz CT molecular complexity index is 6860. The number of hydrogen-bond acceptors (Lipinski definition) is 7. The standard InChI is InChI=1S/C46H46O.C27H24O.C23H24O3.2C20H18O/c1-34(37-21-11-5-12-22-37)43-31-42(32-44(45(43)47)35(2)38-23-13-6-14-24-38)46(3,41-27-17-8-18-28-41)33-40(39-25-15-7-16-26-39)30-29-36-19-9-4-10-20-36;28-27-25(17-22-12-6-2-7-13-22)19-24(16-21-10-4-1-5-11-21)20-26(27)18-23-14-8-3-9-15-23;1-14-4-6-21(24)17(8-14)12-19-10-16(3)11-20(23(19)26)13-18-9-15(2)5-7-22(18)25;21-20-18(14-16-8-3-1-4-9-16)12-7-13-19(20)15-17-10-5-2-6-11-17;21-20-12-11-18(13-16-7-3-1-4-8-16)15-19(20)14-17-9-5-2-6-10-17/h4-28,31-32,34-35,40,47H,29-30,33H2,1-3H3;1-15,19-20,28H,16-18H2;4-11,24-26H,12-13H2,1-3H3;1-13,21H,14-15H2;1-12,15,21H,13-14H2. The first-order chi connectivity index (χ1) is 69.7. The first-order valence-corrected chi connectivity index (χ1v) is 49.9. The van der Waals surface area contributed by atoms with Crippen molar-refractivity contribution in [2.75, 3.05) is 0 Å². The van der Waals surface area contributed by atoms with Crippen LogP contribution in [0.25, 0.3) is 0 Å². The summed E-state index contributed by atoms with van der Waals surface area (Å²) in [6.07, 6.45) is 9.42. The molecule has 19 rings (SSSR count). The predicted octanol–water partition coefficient (Wildman–Crippen LogP) is 32.0. The molecule has 19 aromatic rings. The Hall–Kier alpha value is -16.2.